The summed E-state index contributed by atoms with van der Waals surface area (Å²) in [6, 6.07) is 22.1. The topological polar surface area (TPSA) is 67.4 Å². The predicted octanol–water partition coefficient (Wildman–Crippen LogP) is 5.01. The Bertz CT molecular complexity index is 1020. The van der Waals surface area contributed by atoms with Gasteiger partial charge in [-0.25, -0.2) is 0 Å². The number of amides is 2. The highest BCUT2D eigenvalue weighted by molar-refractivity contribution is 6.05. The van der Waals surface area contributed by atoms with Crippen molar-refractivity contribution in [1.82, 2.24) is 0 Å². The van der Waals surface area contributed by atoms with Crippen LogP contribution >= 0.6 is 0 Å². The second-order valence-electron chi connectivity index (χ2n) is 6.64. The minimum atomic E-state index is -0.220. The van der Waals surface area contributed by atoms with Crippen molar-refractivity contribution >= 4 is 23.2 Å². The van der Waals surface area contributed by atoms with E-state index in [9.17, 15) is 9.59 Å². The molecule has 0 aromatic heterocycles. The number of ether oxygens (including phenoxy) is 1. The fourth-order valence-electron chi connectivity index (χ4n) is 3.18. The average Bonchev–Trinajstić information content (AvgIpc) is 2.90. The third kappa shape index (κ3) is 4.04. The van der Waals surface area contributed by atoms with Gasteiger partial charge in [-0.15, -0.1) is 0 Å². The van der Waals surface area contributed by atoms with Crippen LogP contribution in [0.25, 0.3) is 0 Å². The Hall–Kier alpha value is -3.60. The summed E-state index contributed by atoms with van der Waals surface area (Å²) in [5.41, 5.74) is 2.91. The lowest BCUT2D eigenvalue weighted by Crippen LogP contribution is -2.14. The Kier molecular flexibility index (Phi) is 5.06. The van der Waals surface area contributed by atoms with E-state index in [4.69, 9.17) is 4.74 Å². The Labute approximate surface area is 163 Å². The van der Waals surface area contributed by atoms with Crippen LogP contribution in [-0.4, -0.2) is 11.8 Å². The summed E-state index contributed by atoms with van der Waals surface area (Å²) < 4.78 is 5.90. The van der Waals surface area contributed by atoms with Crippen LogP contribution in [-0.2, 0) is 11.2 Å². The number of carbonyl (C=O) groups excluding carboxylic acids is 2. The van der Waals surface area contributed by atoms with Crippen molar-refractivity contribution in [2.24, 2.45) is 0 Å². The van der Waals surface area contributed by atoms with Gasteiger partial charge in [0.1, 0.15) is 5.75 Å². The van der Waals surface area contributed by atoms with Crippen LogP contribution in [0, 0.1) is 0 Å². The summed E-state index contributed by atoms with van der Waals surface area (Å²) in [5, 5.41) is 5.81. The van der Waals surface area contributed by atoms with E-state index in [0.29, 0.717) is 29.2 Å². The first-order valence-corrected chi connectivity index (χ1v) is 9.25. The van der Waals surface area contributed by atoms with Crippen LogP contribution in [0.15, 0.2) is 72.8 Å². The van der Waals surface area contributed by atoms with Crippen molar-refractivity contribution in [3.05, 3.63) is 83.9 Å². The van der Waals surface area contributed by atoms with E-state index in [1.807, 2.05) is 54.6 Å². The first-order valence-electron chi connectivity index (χ1n) is 9.25. The van der Waals surface area contributed by atoms with E-state index < -0.39 is 0 Å². The van der Waals surface area contributed by atoms with Crippen LogP contribution in [0.2, 0.25) is 0 Å². The molecule has 0 bridgehead atoms. The molecule has 0 saturated heterocycles. The molecule has 5 heteroatoms. The van der Waals surface area contributed by atoms with Gasteiger partial charge in [0.15, 0.2) is 5.75 Å². The largest absolute Gasteiger partial charge is 0.455 e. The molecule has 0 radical (unpaired) electrons. The van der Waals surface area contributed by atoms with Crippen molar-refractivity contribution in [3.63, 3.8) is 0 Å². The molecule has 4 rings (SSSR count). The number of nitrogens with one attached hydrogen (secondary N) is 2. The van der Waals surface area contributed by atoms with Crippen LogP contribution in [0.4, 0.5) is 11.4 Å². The quantitative estimate of drug-likeness (QED) is 0.677. The van der Waals surface area contributed by atoms with Gasteiger partial charge in [0.25, 0.3) is 5.91 Å². The highest BCUT2D eigenvalue weighted by atomic mass is 16.5. The third-order valence-electron chi connectivity index (χ3n) is 4.60. The molecule has 0 saturated carbocycles. The van der Waals surface area contributed by atoms with E-state index >= 15 is 0 Å². The summed E-state index contributed by atoms with van der Waals surface area (Å²) in [6.45, 7) is 0. The lowest BCUT2D eigenvalue weighted by Gasteiger charge is -2.13. The van der Waals surface area contributed by atoms with Crippen molar-refractivity contribution in [2.45, 2.75) is 19.3 Å². The first kappa shape index (κ1) is 17.8. The molecule has 2 amide bonds. The average molecular weight is 372 g/mol. The van der Waals surface area contributed by atoms with Crippen LogP contribution < -0.4 is 15.4 Å². The smallest absolute Gasteiger partial charge is 0.255 e. The molecule has 0 unspecified atom stereocenters. The zero-order valence-electron chi connectivity index (χ0n) is 15.3. The van der Waals surface area contributed by atoms with Crippen molar-refractivity contribution in [3.8, 4) is 11.5 Å². The van der Waals surface area contributed by atoms with Crippen molar-refractivity contribution < 1.29 is 14.3 Å². The van der Waals surface area contributed by atoms with Crippen molar-refractivity contribution in [1.29, 1.82) is 0 Å². The van der Waals surface area contributed by atoms with Gasteiger partial charge >= 0.3 is 0 Å². The number of anilines is 2. The van der Waals surface area contributed by atoms with Gasteiger partial charge < -0.3 is 15.4 Å². The van der Waals surface area contributed by atoms with E-state index in [1.165, 1.54) is 0 Å². The number of rotatable bonds is 4. The first-order chi connectivity index (χ1) is 13.7. The molecular formula is C23H20N2O3. The molecule has 0 aliphatic carbocycles. The van der Waals surface area contributed by atoms with Crippen LogP contribution in [0.1, 0.15) is 28.8 Å². The van der Waals surface area contributed by atoms with Crippen LogP contribution in [0.5, 0.6) is 11.5 Å². The Balaban J connectivity index is 1.54. The number of hydrogen-bond acceptors (Lipinski definition) is 3. The van der Waals surface area contributed by atoms with Gasteiger partial charge in [0, 0.05) is 17.7 Å². The summed E-state index contributed by atoms with van der Waals surface area (Å²) in [5.74, 6) is 1.07. The maximum absolute atomic E-state index is 12.8. The molecule has 28 heavy (non-hydrogen) atoms. The second kappa shape index (κ2) is 7.96. The maximum atomic E-state index is 12.8. The monoisotopic (exact) mass is 372 g/mol. The summed E-state index contributed by atoms with van der Waals surface area (Å²) in [4.78, 5) is 24.5. The van der Waals surface area contributed by atoms with E-state index in [1.54, 1.807) is 18.2 Å². The van der Waals surface area contributed by atoms with Gasteiger partial charge in [-0.05, 0) is 60.9 Å². The minimum absolute atomic E-state index is 0.0166. The van der Waals surface area contributed by atoms with Crippen molar-refractivity contribution in [2.75, 3.05) is 10.6 Å². The lowest BCUT2D eigenvalue weighted by atomic mass is 10.0. The SMILES string of the molecule is O=C1CCCc2cc(C(=O)Nc3ccccc3Oc3ccccc3)ccc2N1. The molecule has 140 valence electrons. The Morgan fingerprint density at radius 3 is 2.57 bits per heavy atom. The van der Waals surface area contributed by atoms with Gasteiger partial charge in [0.2, 0.25) is 5.91 Å². The molecule has 0 fully saturated rings. The van der Waals surface area contributed by atoms with E-state index in [2.05, 4.69) is 10.6 Å². The minimum Gasteiger partial charge on any atom is -0.455 e. The number of aryl methyl sites for hydroxylation is 1. The molecule has 0 atom stereocenters. The summed E-state index contributed by atoms with van der Waals surface area (Å²) in [7, 11) is 0. The Morgan fingerprint density at radius 1 is 0.929 bits per heavy atom. The highest BCUT2D eigenvalue weighted by Crippen LogP contribution is 2.30. The number of hydrogen-bond donors (Lipinski definition) is 2. The summed E-state index contributed by atoms with van der Waals surface area (Å²) >= 11 is 0. The summed E-state index contributed by atoms with van der Waals surface area (Å²) in [6.07, 6.45) is 2.04. The molecule has 0 spiro atoms. The number of benzene rings is 3. The fourth-order valence-corrected chi connectivity index (χ4v) is 3.18. The standard InChI is InChI=1S/C23H20N2O3/c26-22-12-6-7-16-15-17(13-14-19(16)24-22)23(27)25-20-10-4-5-11-21(20)28-18-8-2-1-3-9-18/h1-5,8-11,13-15H,6-7,12H2,(H,24,26)(H,25,27). The zero-order chi connectivity index (χ0) is 19.3. The normalized spacial score (nSPS) is 13.1. The van der Waals surface area contributed by atoms with Crippen LogP contribution in [0.3, 0.4) is 0 Å². The molecule has 2 N–H and O–H groups in total. The van der Waals surface area contributed by atoms with E-state index in [0.717, 1.165) is 24.1 Å². The molecule has 1 heterocycles. The number of carbonyl (C=O) groups is 2. The molecule has 1 aliphatic rings. The number of fused-ring (bicyclic) bond motifs is 1. The molecular weight excluding hydrogens is 352 g/mol. The lowest BCUT2D eigenvalue weighted by molar-refractivity contribution is -0.116. The molecule has 3 aromatic rings. The van der Waals surface area contributed by atoms with Gasteiger partial charge in [0.05, 0.1) is 5.69 Å². The third-order valence-corrected chi connectivity index (χ3v) is 4.60. The molecule has 1 aliphatic heterocycles. The Morgan fingerprint density at radius 2 is 1.71 bits per heavy atom. The van der Waals surface area contributed by atoms with Gasteiger partial charge in [-0.1, -0.05) is 30.3 Å². The highest BCUT2D eigenvalue weighted by Gasteiger charge is 2.16. The zero-order valence-corrected chi connectivity index (χ0v) is 15.3. The molecule has 3 aromatic carbocycles. The van der Waals surface area contributed by atoms with E-state index in [-0.39, 0.29) is 11.8 Å². The fraction of sp³-hybridized carbons (Fsp3) is 0.130. The van der Waals surface area contributed by atoms with Gasteiger partial charge in [-0.2, -0.15) is 0 Å². The molecule has 5 nitrogen and oxygen atoms in total. The number of para-hydroxylation sites is 3. The maximum Gasteiger partial charge on any atom is 0.255 e. The predicted molar refractivity (Wildman–Crippen MR) is 109 cm³/mol. The second-order valence-corrected chi connectivity index (χ2v) is 6.64. The van der Waals surface area contributed by atoms with Gasteiger partial charge in [-0.3, -0.25) is 9.59 Å².